The van der Waals surface area contributed by atoms with Gasteiger partial charge >= 0.3 is 5.97 Å². The number of ether oxygens (including phenoxy) is 1. The van der Waals surface area contributed by atoms with Crippen molar-refractivity contribution in [3.05, 3.63) is 0 Å². The van der Waals surface area contributed by atoms with Crippen LogP contribution in [0, 0.1) is 0 Å². The van der Waals surface area contributed by atoms with E-state index in [1.807, 2.05) is 13.8 Å². The Kier molecular flexibility index (Phi) is 8.11. The molecule has 0 saturated heterocycles. The summed E-state index contributed by atoms with van der Waals surface area (Å²) in [5.41, 5.74) is 0. The van der Waals surface area contributed by atoms with Gasteiger partial charge in [0.2, 0.25) is 0 Å². The van der Waals surface area contributed by atoms with Gasteiger partial charge in [-0.05, 0) is 19.8 Å². The molecule has 0 heterocycles. The van der Waals surface area contributed by atoms with Gasteiger partial charge in [0, 0.05) is 13.1 Å². The summed E-state index contributed by atoms with van der Waals surface area (Å²) in [7, 11) is -3.58. The fourth-order valence-electron chi connectivity index (χ4n) is 1.30. The molecule has 7 heteroatoms. The van der Waals surface area contributed by atoms with E-state index in [2.05, 4.69) is 9.46 Å². The van der Waals surface area contributed by atoms with E-state index < -0.39 is 16.2 Å². The summed E-state index contributed by atoms with van der Waals surface area (Å²) in [4.78, 5) is 11.1. The third-order valence-electron chi connectivity index (χ3n) is 1.99. The highest BCUT2D eigenvalue weighted by atomic mass is 32.2. The van der Waals surface area contributed by atoms with Crippen LogP contribution < -0.4 is 4.72 Å². The van der Waals surface area contributed by atoms with Gasteiger partial charge in [-0.25, -0.2) is 0 Å². The summed E-state index contributed by atoms with van der Waals surface area (Å²) in [6.07, 6.45) is 1.47. The van der Waals surface area contributed by atoms with Crippen LogP contribution in [0.3, 0.4) is 0 Å². The summed E-state index contributed by atoms with van der Waals surface area (Å²) in [5.74, 6) is -0.566. The Morgan fingerprint density at radius 2 is 1.71 bits per heavy atom. The van der Waals surface area contributed by atoms with Crippen LogP contribution in [0.5, 0.6) is 0 Å². The van der Waals surface area contributed by atoms with Crippen LogP contribution in [0.1, 0.15) is 33.6 Å². The second-order valence-corrected chi connectivity index (χ2v) is 5.29. The van der Waals surface area contributed by atoms with Crippen LogP contribution in [0.25, 0.3) is 0 Å². The van der Waals surface area contributed by atoms with Gasteiger partial charge < -0.3 is 4.74 Å². The number of carbonyl (C=O) groups excluding carboxylic acids is 1. The van der Waals surface area contributed by atoms with Gasteiger partial charge in [0.1, 0.15) is 6.54 Å². The average molecular weight is 266 g/mol. The highest BCUT2D eigenvalue weighted by molar-refractivity contribution is 7.87. The van der Waals surface area contributed by atoms with E-state index in [1.165, 1.54) is 4.31 Å². The SMILES string of the molecule is CCCN(CCC)S(=O)(=O)NCC(=O)OCC. The van der Waals surface area contributed by atoms with Gasteiger partial charge in [0.05, 0.1) is 6.61 Å². The molecule has 17 heavy (non-hydrogen) atoms. The molecule has 0 aromatic heterocycles. The lowest BCUT2D eigenvalue weighted by Crippen LogP contribution is -2.43. The van der Waals surface area contributed by atoms with E-state index in [9.17, 15) is 13.2 Å². The first-order valence-corrected chi connectivity index (χ1v) is 7.32. The number of esters is 1. The molecule has 0 amide bonds. The predicted octanol–water partition coefficient (Wildman–Crippen LogP) is 0.506. The van der Waals surface area contributed by atoms with Gasteiger partial charge in [0.15, 0.2) is 0 Å². The maximum Gasteiger partial charge on any atom is 0.321 e. The Balaban J connectivity index is 4.36. The lowest BCUT2D eigenvalue weighted by atomic mass is 10.4. The van der Waals surface area contributed by atoms with Crippen LogP contribution in [0.2, 0.25) is 0 Å². The zero-order valence-corrected chi connectivity index (χ0v) is 11.5. The smallest absolute Gasteiger partial charge is 0.321 e. The topological polar surface area (TPSA) is 75.7 Å². The molecule has 1 N–H and O–H groups in total. The van der Waals surface area contributed by atoms with Gasteiger partial charge in [-0.15, -0.1) is 0 Å². The van der Waals surface area contributed by atoms with E-state index in [0.29, 0.717) is 13.1 Å². The minimum Gasteiger partial charge on any atom is -0.465 e. The fraction of sp³-hybridized carbons (Fsp3) is 0.900. The van der Waals surface area contributed by atoms with Crippen molar-refractivity contribution in [2.75, 3.05) is 26.2 Å². The van der Waals surface area contributed by atoms with Crippen LogP contribution in [-0.2, 0) is 19.7 Å². The summed E-state index contributed by atoms with van der Waals surface area (Å²) < 4.78 is 31.9. The van der Waals surface area contributed by atoms with Crippen molar-refractivity contribution >= 4 is 16.2 Å². The Labute approximate surface area is 104 Å². The molecule has 0 radical (unpaired) electrons. The standard InChI is InChI=1S/C10H22N2O4S/c1-4-7-12(8-5-2)17(14,15)11-9-10(13)16-6-3/h11H,4-9H2,1-3H3. The molecule has 0 fully saturated rings. The highest BCUT2D eigenvalue weighted by Gasteiger charge is 2.20. The number of hydrogen-bond donors (Lipinski definition) is 1. The van der Waals surface area contributed by atoms with E-state index in [4.69, 9.17) is 0 Å². The second kappa shape index (κ2) is 8.43. The number of rotatable bonds is 9. The Hall–Kier alpha value is -0.660. The van der Waals surface area contributed by atoms with Crippen molar-refractivity contribution in [2.45, 2.75) is 33.6 Å². The molecular weight excluding hydrogens is 244 g/mol. The van der Waals surface area contributed by atoms with Crippen molar-refractivity contribution < 1.29 is 17.9 Å². The van der Waals surface area contributed by atoms with E-state index in [1.54, 1.807) is 6.92 Å². The molecule has 0 atom stereocenters. The van der Waals surface area contributed by atoms with Crippen LogP contribution in [-0.4, -0.2) is 44.9 Å². The molecule has 6 nitrogen and oxygen atoms in total. The van der Waals surface area contributed by atoms with Crippen molar-refractivity contribution in [3.8, 4) is 0 Å². The zero-order chi connectivity index (χ0) is 13.3. The molecule has 0 aliphatic heterocycles. The minimum absolute atomic E-state index is 0.244. The summed E-state index contributed by atoms with van der Waals surface area (Å²) in [5, 5.41) is 0. The molecule has 0 bridgehead atoms. The van der Waals surface area contributed by atoms with E-state index in [0.717, 1.165) is 12.8 Å². The fourth-order valence-corrected chi connectivity index (χ4v) is 2.63. The molecule has 0 aliphatic carbocycles. The van der Waals surface area contributed by atoms with Gasteiger partial charge in [-0.2, -0.15) is 17.4 Å². The van der Waals surface area contributed by atoms with Gasteiger partial charge in [-0.3, -0.25) is 4.79 Å². The third kappa shape index (κ3) is 6.60. The maximum absolute atomic E-state index is 11.8. The number of hydrogen-bond acceptors (Lipinski definition) is 4. The molecule has 0 spiro atoms. The van der Waals surface area contributed by atoms with Crippen LogP contribution in [0.4, 0.5) is 0 Å². The van der Waals surface area contributed by atoms with Gasteiger partial charge in [0.25, 0.3) is 10.2 Å². The minimum atomic E-state index is -3.58. The van der Waals surface area contributed by atoms with Crippen LogP contribution in [0.15, 0.2) is 0 Å². The average Bonchev–Trinajstić information content (AvgIpc) is 2.27. The molecule has 0 rings (SSSR count). The molecule has 0 aromatic carbocycles. The monoisotopic (exact) mass is 266 g/mol. The first kappa shape index (κ1) is 16.3. The normalized spacial score (nSPS) is 11.8. The summed E-state index contributed by atoms with van der Waals surface area (Å²) >= 11 is 0. The van der Waals surface area contributed by atoms with Crippen molar-refractivity contribution in [3.63, 3.8) is 0 Å². The number of nitrogens with zero attached hydrogens (tertiary/aromatic N) is 1. The molecular formula is C10H22N2O4S. The Morgan fingerprint density at radius 1 is 1.18 bits per heavy atom. The first-order valence-electron chi connectivity index (χ1n) is 5.88. The summed E-state index contributed by atoms with van der Waals surface area (Å²) in [6.45, 7) is 6.31. The lowest BCUT2D eigenvalue weighted by molar-refractivity contribution is -0.141. The predicted molar refractivity (Wildman–Crippen MR) is 65.7 cm³/mol. The number of nitrogens with one attached hydrogen (secondary N) is 1. The van der Waals surface area contributed by atoms with Crippen molar-refractivity contribution in [1.29, 1.82) is 0 Å². The molecule has 0 aromatic rings. The second-order valence-electron chi connectivity index (χ2n) is 3.53. The van der Waals surface area contributed by atoms with Crippen LogP contribution >= 0.6 is 0 Å². The Bertz CT molecular complexity index is 310. The van der Waals surface area contributed by atoms with E-state index in [-0.39, 0.29) is 13.2 Å². The Morgan fingerprint density at radius 3 is 2.12 bits per heavy atom. The molecule has 102 valence electrons. The highest BCUT2D eigenvalue weighted by Crippen LogP contribution is 2.01. The summed E-state index contributed by atoms with van der Waals surface area (Å²) in [6, 6.07) is 0. The molecule has 0 unspecified atom stereocenters. The molecule has 0 saturated carbocycles. The third-order valence-corrected chi connectivity index (χ3v) is 3.54. The maximum atomic E-state index is 11.8. The quantitative estimate of drug-likeness (QED) is 0.617. The van der Waals surface area contributed by atoms with E-state index >= 15 is 0 Å². The van der Waals surface area contributed by atoms with Gasteiger partial charge in [-0.1, -0.05) is 13.8 Å². The molecule has 0 aliphatic rings. The first-order chi connectivity index (χ1) is 7.97. The lowest BCUT2D eigenvalue weighted by Gasteiger charge is -2.20. The van der Waals surface area contributed by atoms with Crippen molar-refractivity contribution in [2.24, 2.45) is 0 Å². The number of carbonyl (C=O) groups is 1. The largest absolute Gasteiger partial charge is 0.465 e. The van der Waals surface area contributed by atoms with Crippen molar-refractivity contribution in [1.82, 2.24) is 9.03 Å². The zero-order valence-electron chi connectivity index (χ0n) is 10.7.